The Morgan fingerprint density at radius 3 is 2.61 bits per heavy atom. The molecule has 162 valence electrons. The average molecular weight is 438 g/mol. The summed E-state index contributed by atoms with van der Waals surface area (Å²) in [7, 11) is 0. The van der Waals surface area contributed by atoms with Gasteiger partial charge in [-0.2, -0.15) is 10.2 Å². The van der Waals surface area contributed by atoms with E-state index < -0.39 is 11.2 Å². The number of aliphatic hydroxyl groups excluding tert-OH is 1. The minimum atomic E-state index is -1.07. The molecule has 1 unspecified atom stereocenters. The van der Waals surface area contributed by atoms with Crippen LogP contribution in [-0.4, -0.2) is 50.6 Å². The normalized spacial score (nSPS) is 22.1. The fraction of sp³-hybridized carbons (Fsp3) is 0.522. The van der Waals surface area contributed by atoms with E-state index in [4.69, 9.17) is 15.2 Å². The number of hydrogen-bond donors (Lipinski definition) is 2. The smallest absolute Gasteiger partial charge is 0.227 e. The first-order valence-electron chi connectivity index (χ1n) is 11.0. The summed E-state index contributed by atoms with van der Waals surface area (Å²) in [5.41, 5.74) is 2.56. The van der Waals surface area contributed by atoms with Gasteiger partial charge in [0.05, 0.1) is 23.8 Å². The third-order valence-electron chi connectivity index (χ3n) is 6.72. The van der Waals surface area contributed by atoms with Crippen molar-refractivity contribution < 1.29 is 9.66 Å². The van der Waals surface area contributed by atoms with Crippen LogP contribution in [-0.2, 0) is 24.0 Å². The zero-order valence-corrected chi connectivity index (χ0v) is 18.3. The van der Waals surface area contributed by atoms with Crippen LogP contribution in [0.3, 0.4) is 0 Å². The van der Waals surface area contributed by atoms with Gasteiger partial charge in [-0.3, -0.25) is 0 Å². The molecule has 2 fully saturated rings. The van der Waals surface area contributed by atoms with Gasteiger partial charge in [0, 0.05) is 19.5 Å². The van der Waals surface area contributed by atoms with Gasteiger partial charge in [-0.1, -0.05) is 12.1 Å². The van der Waals surface area contributed by atoms with Crippen molar-refractivity contribution in [3.8, 4) is 6.07 Å². The minimum absolute atomic E-state index is 0.0640. The first-order valence-corrected chi connectivity index (χ1v) is 12.3. The Morgan fingerprint density at radius 1 is 1.23 bits per heavy atom. The summed E-state index contributed by atoms with van der Waals surface area (Å²) in [6.07, 6.45) is 5.68. The van der Waals surface area contributed by atoms with E-state index in [0.717, 1.165) is 55.8 Å². The maximum Gasteiger partial charge on any atom is 0.227 e. The SMILES string of the molecule is N#Cc1ccc(CC2CCN(c3nc4c(c(NC5(CO)CC5)n3)[S+]([O-])CC4)CC2)cc1. The number of anilines is 2. The van der Waals surface area contributed by atoms with Crippen LogP contribution < -0.4 is 10.2 Å². The highest BCUT2D eigenvalue weighted by atomic mass is 32.2. The highest BCUT2D eigenvalue weighted by molar-refractivity contribution is 7.91. The summed E-state index contributed by atoms with van der Waals surface area (Å²) in [5, 5.41) is 22.1. The van der Waals surface area contributed by atoms with Gasteiger partial charge in [-0.25, -0.2) is 4.98 Å². The van der Waals surface area contributed by atoms with Crippen molar-refractivity contribution >= 4 is 22.9 Å². The number of aliphatic hydroxyl groups is 1. The average Bonchev–Trinajstić information content (AvgIpc) is 3.48. The molecule has 1 atom stereocenters. The third kappa shape index (κ3) is 4.22. The van der Waals surface area contributed by atoms with Crippen LogP contribution in [0.15, 0.2) is 29.2 Å². The van der Waals surface area contributed by atoms with Crippen LogP contribution in [0.25, 0.3) is 0 Å². The van der Waals surface area contributed by atoms with E-state index >= 15 is 0 Å². The lowest BCUT2D eigenvalue weighted by Crippen LogP contribution is -2.36. The van der Waals surface area contributed by atoms with Crippen LogP contribution in [0.5, 0.6) is 0 Å². The molecule has 2 N–H and O–H groups in total. The van der Waals surface area contributed by atoms with E-state index in [0.29, 0.717) is 35.4 Å². The van der Waals surface area contributed by atoms with E-state index in [1.54, 1.807) is 0 Å². The summed E-state index contributed by atoms with van der Waals surface area (Å²) in [4.78, 5) is 12.5. The van der Waals surface area contributed by atoms with Gasteiger partial charge in [0.25, 0.3) is 0 Å². The number of nitrogens with zero attached hydrogens (tertiary/aromatic N) is 4. The lowest BCUT2D eigenvalue weighted by molar-refractivity contribution is 0.265. The van der Waals surface area contributed by atoms with Crippen molar-refractivity contribution in [2.45, 2.75) is 49.0 Å². The molecule has 1 saturated carbocycles. The number of fused-ring (bicyclic) bond motifs is 1. The van der Waals surface area contributed by atoms with Gasteiger partial charge in [0.1, 0.15) is 11.4 Å². The molecule has 5 rings (SSSR count). The maximum absolute atomic E-state index is 12.5. The van der Waals surface area contributed by atoms with Crippen molar-refractivity contribution in [2.75, 3.05) is 35.7 Å². The lowest BCUT2D eigenvalue weighted by atomic mass is 9.90. The van der Waals surface area contributed by atoms with Crippen molar-refractivity contribution in [3.05, 3.63) is 41.1 Å². The molecule has 0 spiro atoms. The predicted octanol–water partition coefficient (Wildman–Crippen LogP) is 2.41. The third-order valence-corrected chi connectivity index (χ3v) is 8.18. The zero-order valence-electron chi connectivity index (χ0n) is 17.5. The lowest BCUT2D eigenvalue weighted by Gasteiger charge is -2.32. The number of nitriles is 1. The summed E-state index contributed by atoms with van der Waals surface area (Å²) in [6, 6.07) is 10.1. The molecule has 2 aliphatic heterocycles. The Morgan fingerprint density at radius 2 is 1.97 bits per heavy atom. The van der Waals surface area contributed by atoms with E-state index in [-0.39, 0.29) is 12.1 Å². The van der Waals surface area contributed by atoms with Gasteiger partial charge in [-0.05, 0) is 66.9 Å². The first-order chi connectivity index (χ1) is 15.1. The van der Waals surface area contributed by atoms with Crippen LogP contribution in [0, 0.1) is 17.2 Å². The van der Waals surface area contributed by atoms with Gasteiger partial charge >= 0.3 is 0 Å². The van der Waals surface area contributed by atoms with Crippen LogP contribution in [0.4, 0.5) is 11.8 Å². The summed E-state index contributed by atoms with van der Waals surface area (Å²) >= 11 is -1.07. The molecule has 2 aromatic rings. The van der Waals surface area contributed by atoms with Crippen LogP contribution in [0.2, 0.25) is 0 Å². The number of nitrogens with one attached hydrogen (secondary N) is 1. The van der Waals surface area contributed by atoms with Crippen molar-refractivity contribution in [1.29, 1.82) is 5.26 Å². The molecule has 31 heavy (non-hydrogen) atoms. The van der Waals surface area contributed by atoms with Crippen molar-refractivity contribution in [1.82, 2.24) is 9.97 Å². The van der Waals surface area contributed by atoms with E-state index in [1.165, 1.54) is 5.56 Å². The summed E-state index contributed by atoms with van der Waals surface area (Å²) < 4.78 is 12.5. The largest absolute Gasteiger partial charge is 0.611 e. The predicted molar refractivity (Wildman–Crippen MR) is 119 cm³/mol. The summed E-state index contributed by atoms with van der Waals surface area (Å²) in [5.74, 6) is 2.57. The van der Waals surface area contributed by atoms with E-state index in [1.807, 2.05) is 12.1 Å². The molecule has 0 bridgehead atoms. The molecule has 8 heteroatoms. The molecule has 1 aliphatic carbocycles. The first kappa shape index (κ1) is 20.6. The Bertz CT molecular complexity index is 994. The number of aryl methyl sites for hydroxylation is 1. The van der Waals surface area contributed by atoms with Crippen LogP contribution in [0.1, 0.15) is 42.5 Å². The number of hydrogen-bond acceptors (Lipinski definition) is 7. The summed E-state index contributed by atoms with van der Waals surface area (Å²) in [6.45, 7) is 1.86. The number of aromatic nitrogens is 2. The molecule has 3 aliphatic rings. The van der Waals surface area contributed by atoms with Gasteiger partial charge < -0.3 is 19.9 Å². The van der Waals surface area contributed by atoms with Crippen molar-refractivity contribution in [2.24, 2.45) is 5.92 Å². The van der Waals surface area contributed by atoms with Crippen LogP contribution >= 0.6 is 0 Å². The molecule has 3 heterocycles. The molecular formula is C23H27N5O2S. The highest BCUT2D eigenvalue weighted by Gasteiger charge is 2.45. The standard InChI is InChI=1S/C23H27N5O2S/c24-14-18-3-1-16(2-4-18)13-17-5-10-28(11-6-17)22-25-19-7-12-31(30)20(19)21(26-22)27-23(15-29)8-9-23/h1-4,17,29H,5-13,15H2,(H,25,26,27). The minimum Gasteiger partial charge on any atom is -0.611 e. The monoisotopic (exact) mass is 437 g/mol. The Labute approximate surface area is 185 Å². The molecule has 0 radical (unpaired) electrons. The molecular weight excluding hydrogens is 410 g/mol. The maximum atomic E-state index is 12.5. The van der Waals surface area contributed by atoms with E-state index in [9.17, 15) is 9.66 Å². The molecule has 7 nitrogen and oxygen atoms in total. The Balaban J connectivity index is 1.28. The van der Waals surface area contributed by atoms with Crippen molar-refractivity contribution in [3.63, 3.8) is 0 Å². The second kappa shape index (κ2) is 8.30. The second-order valence-corrected chi connectivity index (χ2v) is 10.5. The zero-order chi connectivity index (χ0) is 21.4. The molecule has 1 saturated heterocycles. The highest BCUT2D eigenvalue weighted by Crippen LogP contribution is 2.41. The number of rotatable bonds is 6. The fourth-order valence-electron chi connectivity index (χ4n) is 4.52. The molecule has 1 aromatic carbocycles. The van der Waals surface area contributed by atoms with Gasteiger partial charge in [0.2, 0.25) is 10.8 Å². The Kier molecular flexibility index (Phi) is 5.51. The molecule has 0 amide bonds. The number of benzene rings is 1. The van der Waals surface area contributed by atoms with Gasteiger partial charge in [-0.15, -0.1) is 0 Å². The topological polar surface area (TPSA) is 108 Å². The second-order valence-electron chi connectivity index (χ2n) is 8.95. The van der Waals surface area contributed by atoms with Gasteiger partial charge in [0.15, 0.2) is 5.82 Å². The quantitative estimate of drug-likeness (QED) is 0.668. The van der Waals surface area contributed by atoms with E-state index in [2.05, 4.69) is 28.4 Å². The number of piperidine rings is 1. The fourth-order valence-corrected chi connectivity index (χ4v) is 5.83. The Hall–Kier alpha value is -2.34. The molecule has 1 aromatic heterocycles.